The van der Waals surface area contributed by atoms with E-state index in [4.69, 9.17) is 9.15 Å². The van der Waals surface area contributed by atoms with Gasteiger partial charge >= 0.3 is 0 Å². The Labute approximate surface area is 176 Å². The molecule has 0 atom stereocenters. The fourth-order valence-corrected chi connectivity index (χ4v) is 3.47. The molecule has 3 aromatic carbocycles. The first-order valence-electron chi connectivity index (χ1n) is 9.08. The molecule has 4 aromatic rings. The van der Waals surface area contributed by atoms with E-state index in [0.29, 0.717) is 22.9 Å². The van der Waals surface area contributed by atoms with E-state index < -0.39 is 0 Å². The van der Waals surface area contributed by atoms with Crippen molar-refractivity contribution >= 4 is 38.6 Å². The van der Waals surface area contributed by atoms with Crippen molar-refractivity contribution in [2.45, 2.75) is 13.8 Å². The number of fused-ring (bicyclic) bond motifs is 1. The number of aromatic nitrogens is 1. The van der Waals surface area contributed by atoms with Gasteiger partial charge in [0.2, 0.25) is 5.89 Å². The number of rotatable bonds is 4. The Morgan fingerprint density at radius 3 is 2.62 bits per heavy atom. The number of benzene rings is 3. The van der Waals surface area contributed by atoms with Gasteiger partial charge in [0.25, 0.3) is 5.91 Å². The van der Waals surface area contributed by atoms with Crippen LogP contribution in [0.2, 0.25) is 0 Å². The molecule has 29 heavy (non-hydrogen) atoms. The van der Waals surface area contributed by atoms with Crippen LogP contribution in [0.3, 0.4) is 0 Å². The number of nitrogens with one attached hydrogen (secondary N) is 1. The highest BCUT2D eigenvalue weighted by Crippen LogP contribution is 2.33. The second-order valence-electron chi connectivity index (χ2n) is 6.80. The number of methoxy groups -OCH3 is 1. The van der Waals surface area contributed by atoms with Crippen molar-refractivity contribution < 1.29 is 13.9 Å². The molecule has 0 saturated carbocycles. The van der Waals surface area contributed by atoms with Crippen molar-refractivity contribution in [2.24, 2.45) is 0 Å². The van der Waals surface area contributed by atoms with E-state index in [0.717, 1.165) is 32.3 Å². The summed E-state index contributed by atoms with van der Waals surface area (Å²) in [5.41, 5.74) is 5.69. The summed E-state index contributed by atoms with van der Waals surface area (Å²) in [5, 5.41) is 2.91. The third-order valence-electron chi connectivity index (χ3n) is 4.79. The highest BCUT2D eigenvalue weighted by Gasteiger charge is 2.15. The van der Waals surface area contributed by atoms with Crippen LogP contribution in [0.5, 0.6) is 5.75 Å². The number of amides is 1. The Balaban J connectivity index is 1.71. The third-order valence-corrected chi connectivity index (χ3v) is 5.28. The van der Waals surface area contributed by atoms with Crippen LogP contribution >= 0.6 is 15.9 Å². The van der Waals surface area contributed by atoms with Crippen molar-refractivity contribution in [1.29, 1.82) is 0 Å². The van der Waals surface area contributed by atoms with Crippen molar-refractivity contribution in [1.82, 2.24) is 4.98 Å². The zero-order valence-electron chi connectivity index (χ0n) is 16.2. The highest BCUT2D eigenvalue weighted by molar-refractivity contribution is 9.10. The zero-order chi connectivity index (χ0) is 20.5. The molecule has 0 spiro atoms. The number of ether oxygens (including phenoxy) is 1. The molecular weight excluding hydrogens is 432 g/mol. The summed E-state index contributed by atoms with van der Waals surface area (Å²) in [6.45, 7) is 4.09. The van der Waals surface area contributed by atoms with Gasteiger partial charge in [0.15, 0.2) is 5.58 Å². The van der Waals surface area contributed by atoms with Crippen molar-refractivity contribution in [3.05, 3.63) is 75.8 Å². The maximum absolute atomic E-state index is 12.7. The Bertz CT molecular complexity index is 1190. The topological polar surface area (TPSA) is 64.4 Å². The van der Waals surface area contributed by atoms with Gasteiger partial charge in [-0.15, -0.1) is 0 Å². The van der Waals surface area contributed by atoms with E-state index in [-0.39, 0.29) is 5.91 Å². The maximum atomic E-state index is 12.7. The summed E-state index contributed by atoms with van der Waals surface area (Å²) in [6.07, 6.45) is 0. The molecule has 0 aliphatic carbocycles. The lowest BCUT2D eigenvalue weighted by atomic mass is 10.1. The SMILES string of the molecule is COc1ccc(-c2nc3cc(C)c(C)cc3o2)cc1NC(=O)c1cccc(Br)c1. The van der Waals surface area contributed by atoms with Crippen LogP contribution in [-0.4, -0.2) is 18.0 Å². The minimum Gasteiger partial charge on any atom is -0.495 e. The number of aryl methyl sites for hydroxylation is 2. The van der Waals surface area contributed by atoms with Gasteiger partial charge < -0.3 is 14.5 Å². The fourth-order valence-electron chi connectivity index (χ4n) is 3.07. The second kappa shape index (κ2) is 7.72. The number of carbonyl (C=O) groups is 1. The lowest BCUT2D eigenvalue weighted by Crippen LogP contribution is -2.12. The molecule has 1 heterocycles. The smallest absolute Gasteiger partial charge is 0.255 e. The number of anilines is 1. The van der Waals surface area contributed by atoms with E-state index in [1.54, 1.807) is 31.4 Å². The van der Waals surface area contributed by atoms with E-state index in [1.165, 1.54) is 0 Å². The van der Waals surface area contributed by atoms with Crippen LogP contribution in [0, 0.1) is 13.8 Å². The van der Waals surface area contributed by atoms with Gasteiger partial charge in [-0.25, -0.2) is 4.98 Å². The predicted octanol–water partition coefficient (Wildman–Crippen LogP) is 6.14. The Kier molecular flexibility index (Phi) is 5.11. The van der Waals surface area contributed by atoms with Crippen LogP contribution in [0.4, 0.5) is 5.69 Å². The molecule has 1 aromatic heterocycles. The quantitative estimate of drug-likeness (QED) is 0.405. The number of hydrogen-bond acceptors (Lipinski definition) is 4. The molecule has 0 saturated heterocycles. The number of halogens is 1. The van der Waals surface area contributed by atoms with Crippen LogP contribution < -0.4 is 10.1 Å². The molecule has 5 nitrogen and oxygen atoms in total. The van der Waals surface area contributed by atoms with Crippen LogP contribution in [-0.2, 0) is 0 Å². The van der Waals surface area contributed by atoms with Crippen molar-refractivity contribution in [3.8, 4) is 17.2 Å². The Morgan fingerprint density at radius 1 is 1.07 bits per heavy atom. The van der Waals surface area contributed by atoms with Crippen molar-refractivity contribution in [3.63, 3.8) is 0 Å². The van der Waals surface area contributed by atoms with E-state index >= 15 is 0 Å². The monoisotopic (exact) mass is 450 g/mol. The third kappa shape index (κ3) is 3.89. The lowest BCUT2D eigenvalue weighted by molar-refractivity contribution is 0.102. The first kappa shape index (κ1) is 19.2. The molecule has 6 heteroatoms. The molecule has 4 rings (SSSR count). The summed E-state index contributed by atoms with van der Waals surface area (Å²) in [5.74, 6) is 0.816. The highest BCUT2D eigenvalue weighted by atomic mass is 79.9. The summed E-state index contributed by atoms with van der Waals surface area (Å²) in [7, 11) is 1.56. The standard InChI is InChI=1S/C23H19BrN2O3/c1-13-9-18-21(10-14(13)2)29-23(26-18)16-7-8-20(28-3)19(12-16)25-22(27)15-5-4-6-17(24)11-15/h4-12H,1-3H3,(H,25,27). The van der Waals surface area contributed by atoms with Gasteiger partial charge in [-0.3, -0.25) is 4.79 Å². The molecule has 0 fully saturated rings. The normalized spacial score (nSPS) is 10.9. The van der Waals surface area contributed by atoms with Crippen molar-refractivity contribution in [2.75, 3.05) is 12.4 Å². The van der Waals surface area contributed by atoms with E-state index in [9.17, 15) is 4.79 Å². The molecule has 146 valence electrons. The van der Waals surface area contributed by atoms with Gasteiger partial charge in [-0.2, -0.15) is 0 Å². The molecule has 0 bridgehead atoms. The number of carbonyl (C=O) groups excluding carboxylic acids is 1. The first-order chi connectivity index (χ1) is 13.9. The van der Waals surface area contributed by atoms with Gasteiger partial charge in [0.05, 0.1) is 12.8 Å². The molecule has 0 aliphatic rings. The molecule has 0 radical (unpaired) electrons. The summed E-state index contributed by atoms with van der Waals surface area (Å²) >= 11 is 3.39. The van der Waals surface area contributed by atoms with E-state index in [2.05, 4.69) is 26.2 Å². The minimum atomic E-state index is -0.231. The van der Waals surface area contributed by atoms with Gasteiger partial charge in [0.1, 0.15) is 11.3 Å². The van der Waals surface area contributed by atoms with Gasteiger partial charge in [0, 0.05) is 15.6 Å². The van der Waals surface area contributed by atoms with Gasteiger partial charge in [-0.1, -0.05) is 22.0 Å². The molecule has 0 unspecified atom stereocenters. The average molecular weight is 451 g/mol. The van der Waals surface area contributed by atoms with Crippen LogP contribution in [0.25, 0.3) is 22.6 Å². The van der Waals surface area contributed by atoms with E-state index in [1.807, 2.05) is 44.2 Å². The number of hydrogen-bond donors (Lipinski definition) is 1. The molecule has 1 amide bonds. The molecule has 1 N–H and O–H groups in total. The average Bonchev–Trinajstić information content (AvgIpc) is 3.11. The molecule has 0 aliphatic heterocycles. The maximum Gasteiger partial charge on any atom is 0.255 e. The van der Waals surface area contributed by atoms with Crippen LogP contribution in [0.15, 0.2) is 63.5 Å². The lowest BCUT2D eigenvalue weighted by Gasteiger charge is -2.11. The second-order valence-corrected chi connectivity index (χ2v) is 7.72. The number of oxazole rings is 1. The largest absolute Gasteiger partial charge is 0.495 e. The zero-order valence-corrected chi connectivity index (χ0v) is 17.8. The van der Waals surface area contributed by atoms with Gasteiger partial charge in [-0.05, 0) is 73.5 Å². The predicted molar refractivity (Wildman–Crippen MR) is 118 cm³/mol. The van der Waals surface area contributed by atoms with Crippen LogP contribution in [0.1, 0.15) is 21.5 Å². The number of nitrogens with zero attached hydrogens (tertiary/aromatic N) is 1. The molecular formula is C23H19BrN2O3. The summed E-state index contributed by atoms with van der Waals surface area (Å²) < 4.78 is 12.2. The fraction of sp³-hybridized carbons (Fsp3) is 0.130. The Morgan fingerprint density at radius 2 is 1.86 bits per heavy atom. The first-order valence-corrected chi connectivity index (χ1v) is 9.87. The summed E-state index contributed by atoms with van der Waals surface area (Å²) in [4.78, 5) is 17.3. The Hall–Kier alpha value is -3.12. The summed E-state index contributed by atoms with van der Waals surface area (Å²) in [6, 6.07) is 16.6. The minimum absolute atomic E-state index is 0.231.